The minimum atomic E-state index is -0.324. The summed E-state index contributed by atoms with van der Waals surface area (Å²) in [6, 6.07) is 18.8. The number of nitrogens with two attached hydrogens (primary N) is 1. The molecule has 3 N–H and O–H groups in total. The van der Waals surface area contributed by atoms with E-state index in [0.29, 0.717) is 30.3 Å². The van der Waals surface area contributed by atoms with E-state index in [4.69, 9.17) is 24.7 Å². The fourth-order valence-electron chi connectivity index (χ4n) is 3.32. The summed E-state index contributed by atoms with van der Waals surface area (Å²) in [5.41, 5.74) is 7.98. The quantitative estimate of drug-likeness (QED) is 0.455. The second-order valence-corrected chi connectivity index (χ2v) is 6.97. The van der Waals surface area contributed by atoms with Crippen molar-refractivity contribution in [3.8, 4) is 28.7 Å². The van der Waals surface area contributed by atoms with Crippen molar-refractivity contribution >= 4 is 18.3 Å². The number of hydrogen-bond donors (Lipinski definition) is 2. The van der Waals surface area contributed by atoms with Gasteiger partial charge in [0, 0.05) is 12.6 Å². The lowest BCUT2D eigenvalue weighted by Crippen LogP contribution is -2.23. The van der Waals surface area contributed by atoms with Gasteiger partial charge >= 0.3 is 0 Å². The zero-order chi connectivity index (χ0) is 22.9. The maximum absolute atomic E-state index is 13.0. The van der Waals surface area contributed by atoms with Crippen LogP contribution < -0.4 is 30.0 Å². The molecule has 8 heteroatoms. The lowest BCUT2D eigenvalue weighted by molar-refractivity contribution is 0.0946. The normalized spacial score (nSPS) is 10.1. The molecule has 0 aliphatic carbocycles. The zero-order valence-corrected chi connectivity index (χ0v) is 19.7. The molecular formula is C25H29ClN2O5. The molecule has 176 valence electrons. The number of carbonyl (C=O) groups excluding carboxylic acids is 1. The molecule has 0 bridgehead atoms. The van der Waals surface area contributed by atoms with E-state index in [1.54, 1.807) is 6.07 Å². The Kier molecular flexibility index (Phi) is 9.84. The largest absolute Gasteiger partial charge is 0.492 e. The number of amides is 1. The average Bonchev–Trinajstić information content (AvgIpc) is 2.83. The summed E-state index contributed by atoms with van der Waals surface area (Å²) < 4.78 is 22.6. The molecule has 0 saturated heterocycles. The fourth-order valence-corrected chi connectivity index (χ4v) is 3.32. The van der Waals surface area contributed by atoms with Crippen LogP contribution in [0.4, 0.5) is 0 Å². The molecule has 0 heterocycles. The van der Waals surface area contributed by atoms with E-state index in [9.17, 15) is 4.79 Å². The van der Waals surface area contributed by atoms with Crippen molar-refractivity contribution < 1.29 is 23.7 Å². The maximum Gasteiger partial charge on any atom is 0.255 e. The van der Waals surface area contributed by atoms with Crippen molar-refractivity contribution in [3.63, 3.8) is 0 Å². The number of halogens is 1. The topological polar surface area (TPSA) is 92.0 Å². The van der Waals surface area contributed by atoms with Gasteiger partial charge in [-0.1, -0.05) is 42.5 Å². The molecule has 0 fully saturated rings. The van der Waals surface area contributed by atoms with Gasteiger partial charge in [-0.05, 0) is 36.2 Å². The lowest BCUT2D eigenvalue weighted by atomic mass is 10.1. The molecule has 33 heavy (non-hydrogen) atoms. The smallest absolute Gasteiger partial charge is 0.255 e. The van der Waals surface area contributed by atoms with Crippen LogP contribution in [-0.4, -0.2) is 33.8 Å². The molecule has 1 amide bonds. The van der Waals surface area contributed by atoms with Crippen molar-refractivity contribution in [3.05, 3.63) is 77.4 Å². The number of hydrogen-bond acceptors (Lipinski definition) is 6. The first-order chi connectivity index (χ1) is 15.6. The molecule has 0 atom stereocenters. The van der Waals surface area contributed by atoms with Crippen molar-refractivity contribution in [2.45, 2.75) is 13.0 Å². The molecule has 0 spiro atoms. The predicted molar refractivity (Wildman–Crippen MR) is 130 cm³/mol. The van der Waals surface area contributed by atoms with Gasteiger partial charge in [0.1, 0.15) is 5.75 Å². The summed E-state index contributed by atoms with van der Waals surface area (Å²) in [6.07, 6.45) is 0.783. The molecule has 0 aliphatic heterocycles. The Morgan fingerprint density at radius 3 is 2.06 bits per heavy atom. The van der Waals surface area contributed by atoms with Crippen LogP contribution in [0.1, 0.15) is 21.5 Å². The molecule has 0 unspecified atom stereocenters. The Balaban J connectivity index is 0.00000385. The van der Waals surface area contributed by atoms with E-state index >= 15 is 0 Å². The van der Waals surface area contributed by atoms with E-state index in [2.05, 4.69) is 5.32 Å². The van der Waals surface area contributed by atoms with Crippen LogP contribution in [0.15, 0.2) is 60.7 Å². The van der Waals surface area contributed by atoms with Crippen LogP contribution >= 0.6 is 12.4 Å². The Hall–Kier alpha value is -3.42. The monoisotopic (exact) mass is 472 g/mol. The molecule has 3 aromatic carbocycles. The Labute approximate surface area is 200 Å². The van der Waals surface area contributed by atoms with Gasteiger partial charge in [-0.25, -0.2) is 0 Å². The second kappa shape index (κ2) is 12.6. The Bertz CT molecular complexity index is 1040. The standard InChI is InChI=1S/C25H28N2O5.ClH/c1-29-22-20(25(28)27-16-18-7-5-4-6-8-18)15-21(23(30-2)24(22)31-3)32-19-11-9-17(10-12-19)13-14-26;/h4-12,15H,13-14,16,26H2,1-3H3,(H,27,28);1H. The van der Waals surface area contributed by atoms with Crippen LogP contribution in [0.5, 0.6) is 28.7 Å². The molecule has 0 aliphatic rings. The first-order valence-electron chi connectivity index (χ1n) is 10.2. The molecular weight excluding hydrogens is 444 g/mol. The average molecular weight is 473 g/mol. The third kappa shape index (κ3) is 6.31. The zero-order valence-electron chi connectivity index (χ0n) is 18.9. The van der Waals surface area contributed by atoms with E-state index in [1.165, 1.54) is 21.3 Å². The fraction of sp³-hybridized carbons (Fsp3) is 0.240. The third-order valence-corrected chi connectivity index (χ3v) is 4.89. The summed E-state index contributed by atoms with van der Waals surface area (Å²) in [4.78, 5) is 13.0. The highest BCUT2D eigenvalue weighted by Crippen LogP contribution is 2.47. The van der Waals surface area contributed by atoms with Gasteiger partial charge in [-0.2, -0.15) is 0 Å². The number of benzene rings is 3. The van der Waals surface area contributed by atoms with E-state index in [-0.39, 0.29) is 35.4 Å². The van der Waals surface area contributed by atoms with Crippen molar-refractivity contribution in [2.24, 2.45) is 5.73 Å². The highest BCUT2D eigenvalue weighted by atomic mass is 35.5. The van der Waals surface area contributed by atoms with Gasteiger partial charge in [0.15, 0.2) is 11.5 Å². The highest BCUT2D eigenvalue weighted by Gasteiger charge is 2.26. The summed E-state index contributed by atoms with van der Waals surface area (Å²) in [5, 5.41) is 2.91. The number of nitrogens with one attached hydrogen (secondary N) is 1. The molecule has 0 radical (unpaired) electrons. The van der Waals surface area contributed by atoms with Gasteiger partial charge in [0.05, 0.1) is 26.9 Å². The molecule has 0 saturated carbocycles. The van der Waals surface area contributed by atoms with Crippen molar-refractivity contribution in [1.29, 1.82) is 0 Å². The lowest BCUT2D eigenvalue weighted by Gasteiger charge is -2.19. The predicted octanol–water partition coefficient (Wildman–Crippen LogP) is 4.36. The summed E-state index contributed by atoms with van der Waals surface area (Å²) in [5.74, 6) is 1.47. The summed E-state index contributed by atoms with van der Waals surface area (Å²) in [6.45, 7) is 0.946. The first-order valence-corrected chi connectivity index (χ1v) is 10.2. The van der Waals surface area contributed by atoms with Crippen molar-refractivity contribution in [1.82, 2.24) is 5.32 Å². The minimum Gasteiger partial charge on any atom is -0.492 e. The van der Waals surface area contributed by atoms with Crippen LogP contribution in [0.3, 0.4) is 0 Å². The molecule has 3 rings (SSSR count). The van der Waals surface area contributed by atoms with Crippen LogP contribution in [0, 0.1) is 0 Å². The van der Waals surface area contributed by atoms with E-state index in [1.807, 2.05) is 54.6 Å². The third-order valence-electron chi connectivity index (χ3n) is 4.89. The number of ether oxygens (including phenoxy) is 4. The first kappa shape index (κ1) is 25.8. The maximum atomic E-state index is 13.0. The van der Waals surface area contributed by atoms with Gasteiger partial charge in [-0.3, -0.25) is 4.79 Å². The van der Waals surface area contributed by atoms with Crippen LogP contribution in [0.25, 0.3) is 0 Å². The van der Waals surface area contributed by atoms with E-state index < -0.39 is 0 Å². The second-order valence-electron chi connectivity index (χ2n) is 6.97. The Morgan fingerprint density at radius 1 is 0.848 bits per heavy atom. The number of rotatable bonds is 10. The van der Waals surface area contributed by atoms with Crippen LogP contribution in [0.2, 0.25) is 0 Å². The van der Waals surface area contributed by atoms with Gasteiger partial charge in [0.2, 0.25) is 11.5 Å². The summed E-state index contributed by atoms with van der Waals surface area (Å²) >= 11 is 0. The van der Waals surface area contributed by atoms with Gasteiger partial charge in [-0.15, -0.1) is 12.4 Å². The molecule has 3 aromatic rings. The highest BCUT2D eigenvalue weighted by molar-refractivity contribution is 5.99. The number of methoxy groups -OCH3 is 3. The summed E-state index contributed by atoms with van der Waals surface area (Å²) in [7, 11) is 4.46. The minimum absolute atomic E-state index is 0. The van der Waals surface area contributed by atoms with Gasteiger partial charge in [0.25, 0.3) is 5.91 Å². The Morgan fingerprint density at radius 2 is 1.48 bits per heavy atom. The molecule has 0 aromatic heterocycles. The van der Waals surface area contributed by atoms with Crippen molar-refractivity contribution in [2.75, 3.05) is 27.9 Å². The number of carbonyl (C=O) groups is 1. The van der Waals surface area contributed by atoms with E-state index in [0.717, 1.165) is 17.5 Å². The van der Waals surface area contributed by atoms with Crippen LogP contribution in [-0.2, 0) is 13.0 Å². The SMILES string of the molecule is COc1c(Oc2ccc(CCN)cc2)cc(C(=O)NCc2ccccc2)c(OC)c1OC.Cl. The van der Waals surface area contributed by atoms with Gasteiger partial charge < -0.3 is 30.0 Å². The molecule has 7 nitrogen and oxygen atoms in total.